The van der Waals surface area contributed by atoms with Crippen LogP contribution in [0, 0.1) is 5.92 Å². The van der Waals surface area contributed by atoms with Gasteiger partial charge in [-0.15, -0.1) is 0 Å². The maximum absolute atomic E-state index is 11.5. The van der Waals surface area contributed by atoms with Crippen molar-refractivity contribution in [3.8, 4) is 0 Å². The van der Waals surface area contributed by atoms with Crippen LogP contribution in [0.2, 0.25) is 0 Å². The quantitative estimate of drug-likeness (QED) is 0.390. The number of carbonyl (C=O) groups is 3. The molecule has 2 unspecified atom stereocenters. The predicted molar refractivity (Wildman–Crippen MR) is 63.9 cm³/mol. The Morgan fingerprint density at radius 2 is 1.67 bits per heavy atom. The first-order valence-electron chi connectivity index (χ1n) is 5.81. The Hall–Kier alpha value is -1.47. The molecule has 0 aromatic carbocycles. The van der Waals surface area contributed by atoms with E-state index in [4.69, 9.17) is 21.7 Å². The van der Waals surface area contributed by atoms with Gasteiger partial charge >= 0.3 is 11.9 Å². The Balaban J connectivity index is 4.26. The number of hydrogen-bond donors (Lipinski definition) is 4. The summed E-state index contributed by atoms with van der Waals surface area (Å²) in [5, 5.41) is 17.4. The van der Waals surface area contributed by atoms with E-state index in [0.29, 0.717) is 25.8 Å². The third-order valence-corrected chi connectivity index (χ3v) is 2.61. The number of carboxylic acid groups (broad SMARTS) is 2. The molecule has 0 radical (unpaired) electrons. The Labute approximate surface area is 105 Å². The number of nitrogens with two attached hydrogens (primary N) is 2. The first kappa shape index (κ1) is 16.5. The number of unbranched alkanes of at least 4 members (excludes halogenated alkanes) is 1. The summed E-state index contributed by atoms with van der Waals surface area (Å²) in [4.78, 5) is 32.9. The molecule has 0 aliphatic carbocycles. The van der Waals surface area contributed by atoms with Crippen molar-refractivity contribution in [1.29, 1.82) is 0 Å². The van der Waals surface area contributed by atoms with Crippen LogP contribution in [0.3, 0.4) is 0 Å². The number of hydrogen-bond acceptors (Lipinski definition) is 5. The van der Waals surface area contributed by atoms with Gasteiger partial charge in [0.15, 0.2) is 5.78 Å². The summed E-state index contributed by atoms with van der Waals surface area (Å²) in [6.07, 6.45) is 0.953. The maximum atomic E-state index is 11.5. The van der Waals surface area contributed by atoms with Crippen molar-refractivity contribution < 1.29 is 24.6 Å². The van der Waals surface area contributed by atoms with E-state index in [2.05, 4.69) is 0 Å². The number of Topliss-reactive ketones (excluding diaryl/α,β-unsaturated/α-hetero) is 1. The second-order valence-electron chi connectivity index (χ2n) is 4.19. The zero-order valence-electron chi connectivity index (χ0n) is 10.2. The smallest absolute Gasteiger partial charge is 0.306 e. The molecular weight excluding hydrogens is 240 g/mol. The van der Waals surface area contributed by atoms with Gasteiger partial charge in [-0.25, -0.2) is 0 Å². The van der Waals surface area contributed by atoms with E-state index < -0.39 is 36.1 Å². The summed E-state index contributed by atoms with van der Waals surface area (Å²) in [5.74, 6) is -3.59. The number of carboxylic acids is 2. The highest BCUT2D eigenvalue weighted by Crippen LogP contribution is 2.15. The van der Waals surface area contributed by atoms with E-state index in [-0.39, 0.29) is 6.42 Å². The molecule has 0 fully saturated rings. The number of aliphatic carboxylic acids is 2. The van der Waals surface area contributed by atoms with Crippen LogP contribution in [-0.2, 0) is 14.4 Å². The Kier molecular flexibility index (Phi) is 7.89. The van der Waals surface area contributed by atoms with E-state index in [1.165, 1.54) is 0 Å². The Morgan fingerprint density at radius 3 is 2.11 bits per heavy atom. The van der Waals surface area contributed by atoms with Crippen molar-refractivity contribution in [2.75, 3.05) is 6.54 Å². The lowest BCUT2D eigenvalue weighted by Crippen LogP contribution is -2.35. The van der Waals surface area contributed by atoms with Gasteiger partial charge < -0.3 is 21.7 Å². The average molecular weight is 260 g/mol. The molecule has 6 N–H and O–H groups in total. The molecule has 7 heteroatoms. The zero-order valence-corrected chi connectivity index (χ0v) is 10.2. The molecule has 0 aromatic rings. The minimum atomic E-state index is -1.18. The lowest BCUT2D eigenvalue weighted by Gasteiger charge is -2.13. The second-order valence-corrected chi connectivity index (χ2v) is 4.19. The van der Waals surface area contributed by atoms with Crippen molar-refractivity contribution >= 4 is 17.7 Å². The van der Waals surface area contributed by atoms with Crippen LogP contribution in [0.15, 0.2) is 0 Å². The highest BCUT2D eigenvalue weighted by Gasteiger charge is 2.25. The Bertz CT molecular complexity index is 306. The van der Waals surface area contributed by atoms with Crippen molar-refractivity contribution in [3.63, 3.8) is 0 Å². The van der Waals surface area contributed by atoms with Crippen LogP contribution >= 0.6 is 0 Å². The molecule has 0 saturated heterocycles. The van der Waals surface area contributed by atoms with Crippen LogP contribution in [0.5, 0.6) is 0 Å². The van der Waals surface area contributed by atoms with Crippen molar-refractivity contribution in [1.82, 2.24) is 0 Å². The molecule has 0 aromatic heterocycles. The highest BCUT2D eigenvalue weighted by molar-refractivity contribution is 5.90. The molecule has 7 nitrogen and oxygen atoms in total. The first-order valence-corrected chi connectivity index (χ1v) is 5.81. The van der Waals surface area contributed by atoms with Crippen molar-refractivity contribution in [3.05, 3.63) is 0 Å². The normalized spacial score (nSPS) is 13.9. The van der Waals surface area contributed by atoms with Gasteiger partial charge in [0.2, 0.25) is 0 Å². The lowest BCUT2D eigenvalue weighted by atomic mass is 9.93. The summed E-state index contributed by atoms with van der Waals surface area (Å²) in [6, 6.07) is -1.14. The number of rotatable bonds is 10. The predicted octanol–water partition coefficient (Wildman–Crippen LogP) is -0.423. The summed E-state index contributed by atoms with van der Waals surface area (Å²) in [6.45, 7) is 0.471. The molecule has 0 rings (SSSR count). The minimum Gasteiger partial charge on any atom is -0.481 e. The van der Waals surface area contributed by atoms with E-state index in [9.17, 15) is 14.4 Å². The summed E-state index contributed by atoms with van der Waals surface area (Å²) < 4.78 is 0. The van der Waals surface area contributed by atoms with Gasteiger partial charge in [0, 0.05) is 6.42 Å². The lowest BCUT2D eigenvalue weighted by molar-refractivity contribution is -0.144. The van der Waals surface area contributed by atoms with Crippen molar-refractivity contribution in [2.24, 2.45) is 17.4 Å². The van der Waals surface area contributed by atoms with Crippen LogP contribution in [0.1, 0.15) is 32.1 Å². The SMILES string of the molecule is NCCCCC(CC(=O)C(N)CC(=O)O)C(=O)O. The molecule has 104 valence electrons. The highest BCUT2D eigenvalue weighted by atomic mass is 16.4. The number of ketones is 1. The van der Waals surface area contributed by atoms with Gasteiger partial charge in [0.25, 0.3) is 0 Å². The van der Waals surface area contributed by atoms with Crippen molar-refractivity contribution in [2.45, 2.75) is 38.1 Å². The molecule has 0 aliphatic heterocycles. The average Bonchev–Trinajstić information content (AvgIpc) is 2.26. The van der Waals surface area contributed by atoms with Gasteiger partial charge in [-0.05, 0) is 19.4 Å². The molecule has 0 amide bonds. The van der Waals surface area contributed by atoms with Crippen LogP contribution in [0.4, 0.5) is 0 Å². The molecule has 0 spiro atoms. The monoisotopic (exact) mass is 260 g/mol. The summed E-state index contributed by atoms with van der Waals surface area (Å²) in [5.41, 5.74) is 10.7. The molecule has 0 aliphatic rings. The van der Waals surface area contributed by atoms with Gasteiger partial charge in [-0.2, -0.15) is 0 Å². The van der Waals surface area contributed by atoms with Gasteiger partial charge in [0.05, 0.1) is 18.4 Å². The molecule has 0 saturated carbocycles. The minimum absolute atomic E-state index is 0.228. The van der Waals surface area contributed by atoms with Crippen LogP contribution in [0.25, 0.3) is 0 Å². The van der Waals surface area contributed by atoms with Crippen LogP contribution in [-0.4, -0.2) is 40.5 Å². The van der Waals surface area contributed by atoms with Gasteiger partial charge in [-0.3, -0.25) is 14.4 Å². The standard InChI is InChI=1S/C11H20N2O5/c12-4-2-1-3-7(11(17)18)5-9(14)8(13)6-10(15)16/h7-8H,1-6,12-13H2,(H,15,16)(H,17,18). The van der Waals surface area contributed by atoms with Gasteiger partial charge in [0.1, 0.15) is 0 Å². The third-order valence-electron chi connectivity index (χ3n) is 2.61. The van der Waals surface area contributed by atoms with Crippen LogP contribution < -0.4 is 11.5 Å². The first-order chi connectivity index (χ1) is 8.38. The third kappa shape index (κ3) is 6.97. The zero-order chi connectivity index (χ0) is 14.1. The molecular formula is C11H20N2O5. The summed E-state index contributed by atoms with van der Waals surface area (Å²) >= 11 is 0. The fourth-order valence-corrected chi connectivity index (χ4v) is 1.54. The molecule has 0 bridgehead atoms. The largest absolute Gasteiger partial charge is 0.481 e. The number of carbonyl (C=O) groups excluding carboxylic acids is 1. The van der Waals surface area contributed by atoms with E-state index >= 15 is 0 Å². The fraction of sp³-hybridized carbons (Fsp3) is 0.727. The fourth-order valence-electron chi connectivity index (χ4n) is 1.54. The second kappa shape index (κ2) is 8.60. The van der Waals surface area contributed by atoms with Gasteiger partial charge in [-0.1, -0.05) is 6.42 Å². The maximum Gasteiger partial charge on any atom is 0.306 e. The molecule has 2 atom stereocenters. The molecule has 18 heavy (non-hydrogen) atoms. The Morgan fingerprint density at radius 1 is 1.06 bits per heavy atom. The summed E-state index contributed by atoms with van der Waals surface area (Å²) in [7, 11) is 0. The van der Waals surface area contributed by atoms with E-state index in [0.717, 1.165) is 0 Å². The van der Waals surface area contributed by atoms with E-state index in [1.807, 2.05) is 0 Å². The molecule has 0 heterocycles. The topological polar surface area (TPSA) is 144 Å². The van der Waals surface area contributed by atoms with E-state index in [1.54, 1.807) is 0 Å².